The topological polar surface area (TPSA) is 21.3 Å². The summed E-state index contributed by atoms with van der Waals surface area (Å²) in [5, 5.41) is 3.28. The average molecular weight is 287 g/mol. The number of hydrogen-bond donors (Lipinski definition) is 1. The molecular formula is C18H22FNO. The summed E-state index contributed by atoms with van der Waals surface area (Å²) in [5.41, 5.74) is 3.41. The van der Waals surface area contributed by atoms with Crippen molar-refractivity contribution in [3.8, 4) is 5.75 Å². The van der Waals surface area contributed by atoms with Gasteiger partial charge in [-0.15, -0.1) is 0 Å². The molecule has 0 aliphatic rings. The van der Waals surface area contributed by atoms with E-state index in [2.05, 4.69) is 43.4 Å². The lowest BCUT2D eigenvalue weighted by Crippen LogP contribution is -2.01. The van der Waals surface area contributed by atoms with Gasteiger partial charge in [-0.1, -0.05) is 38.1 Å². The quantitative estimate of drug-likeness (QED) is 0.835. The molecule has 0 unspecified atom stereocenters. The first kappa shape index (κ1) is 15.4. The van der Waals surface area contributed by atoms with Crippen molar-refractivity contribution < 1.29 is 9.13 Å². The highest BCUT2D eigenvalue weighted by molar-refractivity contribution is 5.49. The van der Waals surface area contributed by atoms with Crippen LogP contribution >= 0.6 is 0 Å². The number of rotatable bonds is 6. The number of methoxy groups -OCH3 is 1. The lowest BCUT2D eigenvalue weighted by molar-refractivity contribution is 0.387. The fourth-order valence-corrected chi connectivity index (χ4v) is 2.24. The zero-order chi connectivity index (χ0) is 15.2. The van der Waals surface area contributed by atoms with Crippen LogP contribution in [-0.4, -0.2) is 7.11 Å². The zero-order valence-corrected chi connectivity index (χ0v) is 12.8. The van der Waals surface area contributed by atoms with Crippen molar-refractivity contribution in [3.05, 3.63) is 59.4 Å². The lowest BCUT2D eigenvalue weighted by atomic mass is 10.0. The summed E-state index contributed by atoms with van der Waals surface area (Å²) in [4.78, 5) is 0. The summed E-state index contributed by atoms with van der Waals surface area (Å²) in [6, 6.07) is 13.4. The second kappa shape index (κ2) is 7.11. The van der Waals surface area contributed by atoms with Crippen LogP contribution in [0.15, 0.2) is 42.5 Å². The zero-order valence-electron chi connectivity index (χ0n) is 12.8. The van der Waals surface area contributed by atoms with E-state index in [1.54, 1.807) is 12.1 Å². The maximum absolute atomic E-state index is 13.3. The third-order valence-electron chi connectivity index (χ3n) is 3.31. The molecule has 21 heavy (non-hydrogen) atoms. The number of hydrogen-bond acceptors (Lipinski definition) is 2. The van der Waals surface area contributed by atoms with Gasteiger partial charge in [-0.25, -0.2) is 4.39 Å². The van der Waals surface area contributed by atoms with E-state index in [9.17, 15) is 4.39 Å². The summed E-state index contributed by atoms with van der Waals surface area (Å²) in [6.07, 6.45) is 1.10. The fraction of sp³-hybridized carbons (Fsp3) is 0.333. The van der Waals surface area contributed by atoms with Gasteiger partial charge in [0.15, 0.2) is 11.6 Å². The Morgan fingerprint density at radius 2 is 1.71 bits per heavy atom. The summed E-state index contributed by atoms with van der Waals surface area (Å²) >= 11 is 0. The van der Waals surface area contributed by atoms with Crippen LogP contribution in [0.2, 0.25) is 0 Å². The van der Waals surface area contributed by atoms with Gasteiger partial charge in [0.25, 0.3) is 0 Å². The Morgan fingerprint density at radius 3 is 2.33 bits per heavy atom. The summed E-state index contributed by atoms with van der Waals surface area (Å²) in [6.45, 7) is 5.14. The number of halogens is 1. The van der Waals surface area contributed by atoms with Crippen molar-refractivity contribution >= 4 is 5.69 Å². The van der Waals surface area contributed by atoms with Crippen molar-refractivity contribution in [1.82, 2.24) is 0 Å². The second-order valence-electron chi connectivity index (χ2n) is 5.62. The van der Waals surface area contributed by atoms with Gasteiger partial charge >= 0.3 is 0 Å². The molecule has 0 spiro atoms. The monoisotopic (exact) mass is 287 g/mol. The molecule has 0 aliphatic carbocycles. The second-order valence-corrected chi connectivity index (χ2v) is 5.62. The van der Waals surface area contributed by atoms with Gasteiger partial charge in [0.1, 0.15) is 0 Å². The first-order valence-corrected chi connectivity index (χ1v) is 7.23. The number of benzene rings is 2. The summed E-state index contributed by atoms with van der Waals surface area (Å²) in [5.74, 6) is 0.578. The predicted molar refractivity (Wildman–Crippen MR) is 85.3 cm³/mol. The van der Waals surface area contributed by atoms with E-state index in [4.69, 9.17) is 4.74 Å². The van der Waals surface area contributed by atoms with Crippen molar-refractivity contribution in [2.45, 2.75) is 26.8 Å². The first-order valence-electron chi connectivity index (χ1n) is 7.23. The van der Waals surface area contributed by atoms with Crippen LogP contribution in [0.3, 0.4) is 0 Å². The number of anilines is 1. The highest BCUT2D eigenvalue weighted by Crippen LogP contribution is 2.22. The molecular weight excluding hydrogens is 265 g/mol. The molecule has 0 radical (unpaired) electrons. The van der Waals surface area contributed by atoms with Crippen molar-refractivity contribution in [2.24, 2.45) is 5.92 Å². The highest BCUT2D eigenvalue weighted by Gasteiger charge is 2.03. The standard InChI is InChI=1S/C18H22FNO/c1-13(2)10-14-4-6-15(7-5-14)12-20-16-8-9-17(19)18(11-16)21-3/h4-9,11,13,20H,10,12H2,1-3H3. The average Bonchev–Trinajstić information content (AvgIpc) is 2.47. The fourth-order valence-electron chi connectivity index (χ4n) is 2.24. The Morgan fingerprint density at radius 1 is 1.05 bits per heavy atom. The molecule has 0 heterocycles. The molecule has 0 bridgehead atoms. The normalized spacial score (nSPS) is 10.7. The van der Waals surface area contributed by atoms with Crippen LogP contribution in [0.1, 0.15) is 25.0 Å². The largest absolute Gasteiger partial charge is 0.494 e. The van der Waals surface area contributed by atoms with Crippen molar-refractivity contribution in [1.29, 1.82) is 0 Å². The molecule has 0 aromatic heterocycles. The lowest BCUT2D eigenvalue weighted by Gasteiger charge is -2.10. The highest BCUT2D eigenvalue weighted by atomic mass is 19.1. The van der Waals surface area contributed by atoms with Crippen LogP contribution in [0, 0.1) is 11.7 Å². The Hall–Kier alpha value is -2.03. The molecule has 0 fully saturated rings. The van der Waals surface area contributed by atoms with Gasteiger partial charge in [-0.2, -0.15) is 0 Å². The minimum atomic E-state index is -0.346. The molecule has 0 aliphatic heterocycles. The number of nitrogens with one attached hydrogen (secondary N) is 1. The van der Waals surface area contributed by atoms with E-state index >= 15 is 0 Å². The number of ether oxygens (including phenoxy) is 1. The van der Waals surface area contributed by atoms with Gasteiger partial charge in [0, 0.05) is 18.3 Å². The minimum absolute atomic E-state index is 0.257. The van der Waals surface area contributed by atoms with E-state index in [1.807, 2.05) is 0 Å². The molecule has 0 atom stereocenters. The van der Waals surface area contributed by atoms with E-state index in [-0.39, 0.29) is 11.6 Å². The Bertz CT molecular complexity index is 578. The molecule has 3 heteroatoms. The Kier molecular flexibility index (Phi) is 5.20. The van der Waals surface area contributed by atoms with Gasteiger partial charge in [0.05, 0.1) is 7.11 Å². The first-order chi connectivity index (χ1) is 10.1. The van der Waals surface area contributed by atoms with E-state index in [1.165, 1.54) is 24.3 Å². The molecule has 0 saturated carbocycles. The molecule has 2 aromatic rings. The third kappa shape index (κ3) is 4.48. The van der Waals surface area contributed by atoms with Gasteiger partial charge in [-0.3, -0.25) is 0 Å². The predicted octanol–water partition coefficient (Wildman–Crippen LogP) is 4.64. The molecule has 2 rings (SSSR count). The van der Waals surface area contributed by atoms with Crippen LogP contribution in [0.5, 0.6) is 5.75 Å². The van der Waals surface area contributed by atoms with Crippen LogP contribution in [0.4, 0.5) is 10.1 Å². The van der Waals surface area contributed by atoms with Gasteiger partial charge < -0.3 is 10.1 Å². The van der Waals surface area contributed by atoms with Gasteiger partial charge in [-0.05, 0) is 35.6 Å². The van der Waals surface area contributed by atoms with E-state index in [0.717, 1.165) is 12.1 Å². The Balaban J connectivity index is 1.96. The van der Waals surface area contributed by atoms with Gasteiger partial charge in [0.2, 0.25) is 0 Å². The van der Waals surface area contributed by atoms with E-state index < -0.39 is 0 Å². The SMILES string of the molecule is COc1cc(NCc2ccc(CC(C)C)cc2)ccc1F. The van der Waals surface area contributed by atoms with Crippen molar-refractivity contribution in [3.63, 3.8) is 0 Å². The summed E-state index contributed by atoms with van der Waals surface area (Å²) < 4.78 is 18.3. The smallest absolute Gasteiger partial charge is 0.165 e. The molecule has 2 aromatic carbocycles. The third-order valence-corrected chi connectivity index (χ3v) is 3.31. The van der Waals surface area contributed by atoms with E-state index in [0.29, 0.717) is 12.5 Å². The molecule has 112 valence electrons. The molecule has 2 nitrogen and oxygen atoms in total. The molecule has 0 saturated heterocycles. The van der Waals surface area contributed by atoms with Crippen LogP contribution < -0.4 is 10.1 Å². The minimum Gasteiger partial charge on any atom is -0.494 e. The van der Waals surface area contributed by atoms with Crippen LogP contribution in [0.25, 0.3) is 0 Å². The Labute approximate surface area is 126 Å². The molecule has 0 amide bonds. The maximum atomic E-state index is 13.3. The van der Waals surface area contributed by atoms with Crippen molar-refractivity contribution in [2.75, 3.05) is 12.4 Å². The summed E-state index contributed by atoms with van der Waals surface area (Å²) in [7, 11) is 1.47. The van der Waals surface area contributed by atoms with Crippen LogP contribution in [-0.2, 0) is 13.0 Å². The maximum Gasteiger partial charge on any atom is 0.165 e. The molecule has 1 N–H and O–H groups in total.